The van der Waals surface area contributed by atoms with E-state index in [-0.39, 0.29) is 0 Å². The first-order valence-electron chi connectivity index (χ1n) is 11.2. The van der Waals surface area contributed by atoms with Crippen LogP contribution in [0.2, 0.25) is 0 Å². The van der Waals surface area contributed by atoms with Gasteiger partial charge in [-0.2, -0.15) is 0 Å². The molecule has 2 heterocycles. The summed E-state index contributed by atoms with van der Waals surface area (Å²) in [5, 5.41) is 0. The molecule has 0 aliphatic carbocycles. The third-order valence-corrected chi connectivity index (χ3v) is 6.79. The van der Waals surface area contributed by atoms with Gasteiger partial charge in [-0.3, -0.25) is 0 Å². The lowest BCUT2D eigenvalue weighted by molar-refractivity contribution is 0.385. The van der Waals surface area contributed by atoms with Crippen molar-refractivity contribution in [2.45, 2.75) is 5.41 Å². The van der Waals surface area contributed by atoms with E-state index >= 15 is 0 Å². The predicted octanol–water partition coefficient (Wildman–Crippen LogP) is 7.95. The Kier molecular flexibility index (Phi) is 3.80. The molecule has 0 radical (unpaired) electrons. The van der Waals surface area contributed by atoms with Gasteiger partial charge < -0.3 is 9.47 Å². The van der Waals surface area contributed by atoms with E-state index in [2.05, 4.69) is 91.0 Å². The zero-order valence-electron chi connectivity index (χ0n) is 17.9. The van der Waals surface area contributed by atoms with Crippen LogP contribution in [0.1, 0.15) is 22.3 Å². The van der Waals surface area contributed by atoms with Crippen LogP contribution in [0.3, 0.4) is 0 Å². The largest absolute Gasteiger partial charge is 0.457 e. The van der Waals surface area contributed by atoms with Crippen LogP contribution in [-0.4, -0.2) is 0 Å². The van der Waals surface area contributed by atoms with Gasteiger partial charge >= 0.3 is 0 Å². The minimum atomic E-state index is -0.523. The molecule has 2 aliphatic heterocycles. The monoisotopic (exact) mass is 424 g/mol. The normalized spacial score (nSPS) is 17.1. The number of benzene rings is 5. The molecule has 0 fully saturated rings. The summed E-state index contributed by atoms with van der Waals surface area (Å²) in [6.45, 7) is 0. The highest BCUT2D eigenvalue weighted by Gasteiger charge is 2.51. The molecule has 1 atom stereocenters. The number of ether oxygens (including phenoxy) is 2. The maximum Gasteiger partial charge on any atom is 0.135 e. The second kappa shape index (κ2) is 6.85. The number of para-hydroxylation sites is 1. The van der Waals surface area contributed by atoms with Crippen LogP contribution in [0.25, 0.3) is 11.1 Å². The predicted molar refractivity (Wildman–Crippen MR) is 130 cm³/mol. The molecule has 2 nitrogen and oxygen atoms in total. The van der Waals surface area contributed by atoms with Gasteiger partial charge in [-0.25, -0.2) is 0 Å². The first-order chi connectivity index (χ1) is 16.4. The van der Waals surface area contributed by atoms with Crippen molar-refractivity contribution < 1.29 is 9.47 Å². The SMILES string of the molecule is c1ccc(-c2ccc3c(c2)Oc2cccc4c2C3(c2ccccc2)c2ccccc2O4)cc1. The third-order valence-electron chi connectivity index (χ3n) is 6.79. The van der Waals surface area contributed by atoms with Crippen LogP contribution in [0.4, 0.5) is 0 Å². The highest BCUT2D eigenvalue weighted by atomic mass is 16.5. The van der Waals surface area contributed by atoms with E-state index in [1.165, 1.54) is 11.1 Å². The van der Waals surface area contributed by atoms with Crippen molar-refractivity contribution in [3.8, 4) is 34.1 Å². The number of hydrogen-bond acceptors (Lipinski definition) is 2. The van der Waals surface area contributed by atoms with Crippen molar-refractivity contribution >= 4 is 0 Å². The summed E-state index contributed by atoms with van der Waals surface area (Å²) in [6, 6.07) is 42.2. The lowest BCUT2D eigenvalue weighted by Gasteiger charge is -2.45. The molecule has 33 heavy (non-hydrogen) atoms. The molecular formula is C31H20O2. The first-order valence-corrected chi connectivity index (χ1v) is 11.2. The molecule has 0 saturated carbocycles. The summed E-state index contributed by atoms with van der Waals surface area (Å²) in [5.74, 6) is 3.43. The molecule has 1 unspecified atom stereocenters. The quantitative estimate of drug-likeness (QED) is 0.280. The topological polar surface area (TPSA) is 18.5 Å². The van der Waals surface area contributed by atoms with E-state index in [9.17, 15) is 0 Å². The van der Waals surface area contributed by atoms with Crippen LogP contribution < -0.4 is 9.47 Å². The highest BCUT2D eigenvalue weighted by Crippen LogP contribution is 2.62. The lowest BCUT2D eigenvalue weighted by Crippen LogP contribution is -2.36. The van der Waals surface area contributed by atoms with E-state index in [4.69, 9.17) is 9.47 Å². The van der Waals surface area contributed by atoms with Crippen molar-refractivity contribution in [3.63, 3.8) is 0 Å². The number of fused-ring (bicyclic) bond motifs is 4. The Morgan fingerprint density at radius 3 is 1.82 bits per heavy atom. The first kappa shape index (κ1) is 18.3. The fraction of sp³-hybridized carbons (Fsp3) is 0.0323. The molecule has 2 heteroatoms. The molecule has 156 valence electrons. The van der Waals surface area contributed by atoms with Gasteiger partial charge in [0.2, 0.25) is 0 Å². The highest BCUT2D eigenvalue weighted by molar-refractivity contribution is 5.78. The van der Waals surface area contributed by atoms with Gasteiger partial charge in [0, 0.05) is 11.1 Å². The fourth-order valence-corrected chi connectivity index (χ4v) is 5.44. The zero-order valence-corrected chi connectivity index (χ0v) is 17.9. The summed E-state index contributed by atoms with van der Waals surface area (Å²) in [6.07, 6.45) is 0. The lowest BCUT2D eigenvalue weighted by atomic mass is 9.62. The Morgan fingerprint density at radius 2 is 1.03 bits per heavy atom. The molecule has 0 spiro atoms. The summed E-state index contributed by atoms with van der Waals surface area (Å²) >= 11 is 0. The average molecular weight is 424 g/mol. The Labute approximate surface area is 192 Å². The molecule has 0 aromatic heterocycles. The van der Waals surface area contributed by atoms with Gasteiger partial charge in [0.1, 0.15) is 23.0 Å². The molecule has 5 aromatic carbocycles. The van der Waals surface area contributed by atoms with E-state index in [1.807, 2.05) is 30.3 Å². The number of hydrogen-bond donors (Lipinski definition) is 0. The van der Waals surface area contributed by atoms with E-state index < -0.39 is 5.41 Å². The van der Waals surface area contributed by atoms with Gasteiger partial charge in [-0.1, -0.05) is 97.1 Å². The van der Waals surface area contributed by atoms with Crippen LogP contribution >= 0.6 is 0 Å². The Morgan fingerprint density at radius 1 is 0.424 bits per heavy atom. The zero-order chi connectivity index (χ0) is 21.8. The minimum absolute atomic E-state index is 0.523. The van der Waals surface area contributed by atoms with Crippen LogP contribution in [0.15, 0.2) is 121 Å². The van der Waals surface area contributed by atoms with Crippen molar-refractivity contribution in [1.29, 1.82) is 0 Å². The van der Waals surface area contributed by atoms with Crippen LogP contribution in [0, 0.1) is 0 Å². The smallest absolute Gasteiger partial charge is 0.135 e. The third kappa shape index (κ3) is 2.49. The second-order valence-electron chi connectivity index (χ2n) is 8.52. The van der Waals surface area contributed by atoms with Gasteiger partial charge in [-0.15, -0.1) is 0 Å². The maximum absolute atomic E-state index is 6.57. The molecule has 0 saturated heterocycles. The molecule has 7 rings (SSSR count). The summed E-state index contributed by atoms with van der Waals surface area (Å²) in [4.78, 5) is 0. The Hall–Kier alpha value is -4.30. The Balaban J connectivity index is 1.60. The molecule has 2 aliphatic rings. The molecule has 0 N–H and O–H groups in total. The molecule has 0 amide bonds. The maximum atomic E-state index is 6.57. The van der Waals surface area contributed by atoms with E-state index in [0.717, 1.165) is 45.3 Å². The molecule has 0 bridgehead atoms. The van der Waals surface area contributed by atoms with E-state index in [1.54, 1.807) is 0 Å². The molecular weight excluding hydrogens is 404 g/mol. The van der Waals surface area contributed by atoms with E-state index in [0.29, 0.717) is 0 Å². The summed E-state index contributed by atoms with van der Waals surface area (Å²) in [5.41, 5.74) is 6.31. The van der Waals surface area contributed by atoms with Crippen LogP contribution in [0.5, 0.6) is 23.0 Å². The van der Waals surface area contributed by atoms with Gasteiger partial charge in [0.05, 0.1) is 11.0 Å². The summed E-state index contributed by atoms with van der Waals surface area (Å²) < 4.78 is 13.0. The van der Waals surface area contributed by atoms with Gasteiger partial charge in [-0.05, 0) is 41.0 Å². The average Bonchev–Trinajstić information content (AvgIpc) is 2.89. The Bertz CT molecular complexity index is 1510. The fourth-order valence-electron chi connectivity index (χ4n) is 5.44. The van der Waals surface area contributed by atoms with Crippen molar-refractivity contribution in [3.05, 3.63) is 144 Å². The summed E-state index contributed by atoms with van der Waals surface area (Å²) in [7, 11) is 0. The van der Waals surface area contributed by atoms with Crippen molar-refractivity contribution in [1.82, 2.24) is 0 Å². The number of rotatable bonds is 2. The molecule has 5 aromatic rings. The van der Waals surface area contributed by atoms with Crippen LogP contribution in [-0.2, 0) is 5.41 Å². The second-order valence-corrected chi connectivity index (χ2v) is 8.52. The van der Waals surface area contributed by atoms with Crippen molar-refractivity contribution in [2.75, 3.05) is 0 Å². The van der Waals surface area contributed by atoms with Gasteiger partial charge in [0.15, 0.2) is 0 Å². The standard InChI is InChI=1S/C31H20O2/c1-3-10-21(11-4-1)22-18-19-25-29(20-22)33-28-17-9-16-27-30(28)31(25,23-12-5-2-6-13-23)24-14-7-8-15-26(24)32-27/h1-20H. The van der Waals surface area contributed by atoms with Crippen molar-refractivity contribution in [2.24, 2.45) is 0 Å². The van der Waals surface area contributed by atoms with Gasteiger partial charge in [0.25, 0.3) is 0 Å². The minimum Gasteiger partial charge on any atom is -0.457 e.